The molecule has 100 valence electrons. The summed E-state index contributed by atoms with van der Waals surface area (Å²) in [5.74, 6) is -0.983. The zero-order valence-electron chi connectivity index (χ0n) is 11.6. The first-order valence-electron chi connectivity index (χ1n) is 5.75. The number of nitrogens with one attached hydrogen (secondary N) is 1. The van der Waals surface area contributed by atoms with Crippen LogP contribution in [0.4, 0.5) is 0 Å². The molecular formula is C12H24N2O3. The molecule has 0 heterocycles. The Bertz CT molecular complexity index is 293. The second-order valence-corrected chi connectivity index (χ2v) is 5.65. The fraction of sp³-hybridized carbons (Fsp3) is 0.833. The minimum absolute atomic E-state index is 0.0389. The number of rotatable bonds is 5. The van der Waals surface area contributed by atoms with Gasteiger partial charge >= 0.3 is 5.97 Å². The van der Waals surface area contributed by atoms with E-state index in [1.165, 1.54) is 0 Å². The molecule has 0 radical (unpaired) electrons. The molecule has 0 saturated carbocycles. The number of carbonyl (C=O) groups excluding carboxylic acids is 1. The van der Waals surface area contributed by atoms with Gasteiger partial charge in [0.05, 0.1) is 12.0 Å². The standard InChI is InChI=1S/C12H24N2O3/c1-11(2,3)14(8-7-9(15)16)10(17)12(4,5)13-6/h13H,7-8H2,1-6H3,(H,15,16). The predicted molar refractivity (Wildman–Crippen MR) is 66.9 cm³/mol. The Labute approximate surface area is 103 Å². The molecule has 0 aromatic carbocycles. The quantitative estimate of drug-likeness (QED) is 0.759. The van der Waals surface area contributed by atoms with Gasteiger partial charge in [-0.1, -0.05) is 0 Å². The van der Waals surface area contributed by atoms with E-state index in [0.29, 0.717) is 0 Å². The average molecular weight is 244 g/mol. The highest BCUT2D eigenvalue weighted by molar-refractivity contribution is 5.86. The number of carboxylic acids is 1. The van der Waals surface area contributed by atoms with Crippen molar-refractivity contribution in [3.05, 3.63) is 0 Å². The number of hydrogen-bond donors (Lipinski definition) is 2. The van der Waals surface area contributed by atoms with Crippen LogP contribution in [0, 0.1) is 0 Å². The SMILES string of the molecule is CNC(C)(C)C(=O)N(CCC(=O)O)C(C)(C)C. The number of aliphatic carboxylic acids is 1. The van der Waals surface area contributed by atoms with Crippen LogP contribution in [-0.2, 0) is 9.59 Å². The van der Waals surface area contributed by atoms with Gasteiger partial charge in [-0.15, -0.1) is 0 Å². The molecule has 0 bridgehead atoms. The van der Waals surface area contributed by atoms with E-state index in [-0.39, 0.29) is 24.4 Å². The van der Waals surface area contributed by atoms with Crippen molar-refractivity contribution < 1.29 is 14.7 Å². The van der Waals surface area contributed by atoms with Gasteiger partial charge in [0.2, 0.25) is 5.91 Å². The van der Waals surface area contributed by atoms with Crippen LogP contribution in [0.5, 0.6) is 0 Å². The molecular weight excluding hydrogens is 220 g/mol. The van der Waals surface area contributed by atoms with E-state index in [2.05, 4.69) is 5.32 Å². The maximum Gasteiger partial charge on any atom is 0.305 e. The van der Waals surface area contributed by atoms with Gasteiger partial charge in [-0.05, 0) is 41.7 Å². The number of hydrogen-bond acceptors (Lipinski definition) is 3. The molecule has 0 aromatic heterocycles. The van der Waals surface area contributed by atoms with Gasteiger partial charge < -0.3 is 15.3 Å². The largest absolute Gasteiger partial charge is 0.481 e. The maximum atomic E-state index is 12.3. The van der Waals surface area contributed by atoms with Gasteiger partial charge in [-0.2, -0.15) is 0 Å². The maximum absolute atomic E-state index is 12.3. The number of carbonyl (C=O) groups is 2. The summed E-state index contributed by atoms with van der Waals surface area (Å²) in [5, 5.41) is 11.7. The number of amides is 1. The topological polar surface area (TPSA) is 69.6 Å². The molecule has 2 N–H and O–H groups in total. The van der Waals surface area contributed by atoms with E-state index < -0.39 is 11.5 Å². The van der Waals surface area contributed by atoms with E-state index in [9.17, 15) is 9.59 Å². The Hall–Kier alpha value is -1.10. The summed E-state index contributed by atoms with van der Waals surface area (Å²) in [6.07, 6.45) is -0.0389. The van der Waals surface area contributed by atoms with Crippen LogP contribution in [0.3, 0.4) is 0 Å². The molecule has 0 aromatic rings. The molecule has 0 unspecified atom stereocenters. The third-order valence-electron chi connectivity index (χ3n) is 2.76. The monoisotopic (exact) mass is 244 g/mol. The summed E-state index contributed by atoms with van der Waals surface area (Å²) in [5.41, 5.74) is -1.08. The first-order valence-corrected chi connectivity index (χ1v) is 5.75. The second-order valence-electron chi connectivity index (χ2n) is 5.65. The summed E-state index contributed by atoms with van der Waals surface area (Å²) in [4.78, 5) is 24.6. The zero-order chi connectivity index (χ0) is 13.9. The highest BCUT2D eigenvalue weighted by atomic mass is 16.4. The minimum atomic E-state index is -0.894. The lowest BCUT2D eigenvalue weighted by Crippen LogP contribution is -2.58. The number of likely N-dealkylation sites (N-methyl/N-ethyl adjacent to an activating group) is 1. The summed E-state index contributed by atoms with van der Waals surface area (Å²) in [6.45, 7) is 9.50. The minimum Gasteiger partial charge on any atom is -0.481 e. The van der Waals surface area contributed by atoms with Crippen molar-refractivity contribution in [1.82, 2.24) is 10.2 Å². The van der Waals surface area contributed by atoms with Crippen molar-refractivity contribution in [1.29, 1.82) is 0 Å². The Morgan fingerprint density at radius 1 is 1.18 bits per heavy atom. The molecule has 1 amide bonds. The fourth-order valence-electron chi connectivity index (χ4n) is 1.39. The molecule has 0 aliphatic carbocycles. The van der Waals surface area contributed by atoms with Crippen molar-refractivity contribution >= 4 is 11.9 Å². The summed E-state index contributed by atoms with van der Waals surface area (Å²) in [7, 11) is 1.72. The summed E-state index contributed by atoms with van der Waals surface area (Å²) in [6, 6.07) is 0. The Balaban J connectivity index is 4.94. The molecule has 5 nitrogen and oxygen atoms in total. The van der Waals surface area contributed by atoms with E-state index in [1.807, 2.05) is 20.8 Å². The van der Waals surface area contributed by atoms with E-state index in [0.717, 1.165) is 0 Å². The van der Waals surface area contributed by atoms with Crippen LogP contribution >= 0.6 is 0 Å². The highest BCUT2D eigenvalue weighted by Gasteiger charge is 2.35. The lowest BCUT2D eigenvalue weighted by atomic mass is 9.98. The number of carboxylic acid groups (broad SMARTS) is 1. The van der Waals surface area contributed by atoms with Crippen molar-refractivity contribution in [2.24, 2.45) is 0 Å². The van der Waals surface area contributed by atoms with Crippen molar-refractivity contribution in [3.8, 4) is 0 Å². The summed E-state index contributed by atoms with van der Waals surface area (Å²) >= 11 is 0. The molecule has 0 aliphatic heterocycles. The fourth-order valence-corrected chi connectivity index (χ4v) is 1.39. The Morgan fingerprint density at radius 3 is 1.94 bits per heavy atom. The first-order chi connectivity index (χ1) is 7.52. The van der Waals surface area contributed by atoms with Crippen molar-refractivity contribution in [2.75, 3.05) is 13.6 Å². The average Bonchev–Trinajstić information content (AvgIpc) is 2.15. The molecule has 0 aliphatic rings. The first kappa shape index (κ1) is 15.9. The molecule has 0 rings (SSSR count). The third kappa shape index (κ3) is 4.73. The van der Waals surface area contributed by atoms with Gasteiger partial charge in [0, 0.05) is 12.1 Å². The van der Waals surface area contributed by atoms with Crippen LogP contribution in [-0.4, -0.2) is 46.6 Å². The smallest absolute Gasteiger partial charge is 0.305 e. The van der Waals surface area contributed by atoms with Crippen molar-refractivity contribution in [2.45, 2.75) is 52.1 Å². The molecule has 5 heteroatoms. The molecule has 0 spiro atoms. The lowest BCUT2D eigenvalue weighted by molar-refractivity contribution is -0.144. The van der Waals surface area contributed by atoms with E-state index >= 15 is 0 Å². The van der Waals surface area contributed by atoms with Crippen LogP contribution in [0.2, 0.25) is 0 Å². The normalized spacial score (nSPS) is 12.4. The van der Waals surface area contributed by atoms with Crippen LogP contribution in [0.15, 0.2) is 0 Å². The molecule has 0 fully saturated rings. The third-order valence-corrected chi connectivity index (χ3v) is 2.76. The molecule has 17 heavy (non-hydrogen) atoms. The van der Waals surface area contributed by atoms with Crippen LogP contribution < -0.4 is 5.32 Å². The molecule has 0 saturated heterocycles. The van der Waals surface area contributed by atoms with Gasteiger partial charge in [0.25, 0.3) is 0 Å². The van der Waals surface area contributed by atoms with Gasteiger partial charge in [0.1, 0.15) is 0 Å². The van der Waals surface area contributed by atoms with Gasteiger partial charge in [-0.25, -0.2) is 0 Å². The van der Waals surface area contributed by atoms with Gasteiger partial charge in [-0.3, -0.25) is 9.59 Å². The summed E-state index contributed by atoms with van der Waals surface area (Å²) < 4.78 is 0. The zero-order valence-corrected chi connectivity index (χ0v) is 11.6. The number of nitrogens with zero attached hydrogens (tertiary/aromatic N) is 1. The van der Waals surface area contributed by atoms with E-state index in [1.54, 1.807) is 25.8 Å². The van der Waals surface area contributed by atoms with Crippen LogP contribution in [0.25, 0.3) is 0 Å². The van der Waals surface area contributed by atoms with E-state index in [4.69, 9.17) is 5.11 Å². The second kappa shape index (κ2) is 5.49. The Morgan fingerprint density at radius 2 is 1.65 bits per heavy atom. The van der Waals surface area contributed by atoms with Gasteiger partial charge in [0.15, 0.2) is 0 Å². The molecule has 0 atom stereocenters. The van der Waals surface area contributed by atoms with Crippen LogP contribution in [0.1, 0.15) is 41.0 Å². The highest BCUT2D eigenvalue weighted by Crippen LogP contribution is 2.19. The predicted octanol–water partition coefficient (Wildman–Crippen LogP) is 1.09. The van der Waals surface area contributed by atoms with Crippen molar-refractivity contribution in [3.63, 3.8) is 0 Å². The lowest BCUT2D eigenvalue weighted by Gasteiger charge is -2.40. The Kier molecular flexibility index (Phi) is 5.13.